The Labute approximate surface area is 69.6 Å². The van der Waals surface area contributed by atoms with Crippen molar-refractivity contribution in [2.75, 3.05) is 7.05 Å². The first-order valence-electron chi connectivity index (χ1n) is 3.47. The highest BCUT2D eigenvalue weighted by atomic mass is 19.1. The van der Waals surface area contributed by atoms with Crippen LogP contribution in [0.15, 0.2) is 18.2 Å². The van der Waals surface area contributed by atoms with Gasteiger partial charge in [-0.05, 0) is 17.7 Å². The van der Waals surface area contributed by atoms with Gasteiger partial charge >= 0.3 is 0 Å². The summed E-state index contributed by atoms with van der Waals surface area (Å²) in [6.45, 7) is 0.258. The number of phenols is 1. The third kappa shape index (κ3) is 2.18. The molecule has 0 unspecified atom stereocenters. The van der Waals surface area contributed by atoms with Crippen molar-refractivity contribution in [2.24, 2.45) is 0 Å². The van der Waals surface area contributed by atoms with E-state index in [0.717, 1.165) is 11.1 Å². The van der Waals surface area contributed by atoms with Gasteiger partial charge < -0.3 is 10.3 Å². The molecule has 0 bridgehead atoms. The molecule has 0 spiro atoms. The summed E-state index contributed by atoms with van der Waals surface area (Å²) in [5.41, 5.74) is 0.652. The number of aromatic hydroxyl groups is 1. The average molecular weight is 171 g/mol. The van der Waals surface area contributed by atoms with E-state index in [-0.39, 0.29) is 6.54 Å². The topological polar surface area (TPSA) is 43.7 Å². The Bertz CT molecular complexity index is 276. The van der Waals surface area contributed by atoms with Gasteiger partial charge in [-0.2, -0.15) is 5.06 Å². The number of benzene rings is 1. The molecule has 1 rings (SSSR count). The van der Waals surface area contributed by atoms with Crippen LogP contribution in [0.1, 0.15) is 5.56 Å². The first-order chi connectivity index (χ1) is 5.59. The smallest absolute Gasteiger partial charge is 0.164 e. The molecule has 2 N–H and O–H groups in total. The van der Waals surface area contributed by atoms with Gasteiger partial charge in [-0.15, -0.1) is 0 Å². The second kappa shape index (κ2) is 3.51. The van der Waals surface area contributed by atoms with Crippen LogP contribution in [0.3, 0.4) is 0 Å². The SMILES string of the molecule is CN(O)Cc1ccc(F)c(O)c1. The van der Waals surface area contributed by atoms with Crippen LogP contribution in [0.5, 0.6) is 5.75 Å². The number of halogens is 1. The average Bonchev–Trinajstić information content (AvgIpc) is 1.96. The molecule has 1 aromatic carbocycles. The molecule has 0 heterocycles. The monoisotopic (exact) mass is 171 g/mol. The van der Waals surface area contributed by atoms with E-state index in [2.05, 4.69) is 0 Å². The van der Waals surface area contributed by atoms with E-state index in [0.29, 0.717) is 5.56 Å². The number of phenolic OH excluding ortho intramolecular Hbond substituents is 1. The molecule has 4 heteroatoms. The molecule has 0 radical (unpaired) electrons. The van der Waals surface area contributed by atoms with Crippen molar-refractivity contribution in [1.82, 2.24) is 5.06 Å². The van der Waals surface area contributed by atoms with Gasteiger partial charge in [-0.1, -0.05) is 6.07 Å². The molecule has 0 atom stereocenters. The number of hydrogen-bond acceptors (Lipinski definition) is 3. The van der Waals surface area contributed by atoms with Gasteiger partial charge in [0.15, 0.2) is 11.6 Å². The molecular formula is C8H10FNO2. The van der Waals surface area contributed by atoms with Gasteiger partial charge in [0.1, 0.15) is 0 Å². The van der Waals surface area contributed by atoms with Gasteiger partial charge in [-0.25, -0.2) is 4.39 Å². The largest absolute Gasteiger partial charge is 0.505 e. The van der Waals surface area contributed by atoms with E-state index in [1.54, 1.807) is 0 Å². The highest BCUT2D eigenvalue weighted by Crippen LogP contribution is 2.16. The Morgan fingerprint density at radius 1 is 1.50 bits per heavy atom. The summed E-state index contributed by atoms with van der Waals surface area (Å²) in [7, 11) is 1.47. The Morgan fingerprint density at radius 3 is 2.67 bits per heavy atom. The number of rotatable bonds is 2. The third-order valence-corrected chi connectivity index (χ3v) is 1.42. The quantitative estimate of drug-likeness (QED) is 0.660. The molecule has 66 valence electrons. The fraction of sp³-hybridized carbons (Fsp3) is 0.250. The second-order valence-corrected chi connectivity index (χ2v) is 2.60. The first kappa shape index (κ1) is 8.96. The summed E-state index contributed by atoms with van der Waals surface area (Å²) in [4.78, 5) is 0. The lowest BCUT2D eigenvalue weighted by Crippen LogP contribution is -2.11. The van der Waals surface area contributed by atoms with E-state index in [4.69, 9.17) is 10.3 Å². The fourth-order valence-corrected chi connectivity index (χ4v) is 0.921. The van der Waals surface area contributed by atoms with E-state index < -0.39 is 11.6 Å². The van der Waals surface area contributed by atoms with Crippen LogP contribution in [-0.4, -0.2) is 22.4 Å². The molecule has 0 amide bonds. The van der Waals surface area contributed by atoms with Crippen molar-refractivity contribution in [3.05, 3.63) is 29.6 Å². The minimum atomic E-state index is -0.653. The van der Waals surface area contributed by atoms with Crippen LogP contribution in [0.2, 0.25) is 0 Å². The van der Waals surface area contributed by atoms with Gasteiger partial charge in [-0.3, -0.25) is 0 Å². The van der Waals surface area contributed by atoms with Crippen LogP contribution in [0.25, 0.3) is 0 Å². The Hall–Kier alpha value is -1.13. The van der Waals surface area contributed by atoms with E-state index >= 15 is 0 Å². The van der Waals surface area contributed by atoms with Crippen molar-refractivity contribution in [1.29, 1.82) is 0 Å². The molecule has 0 saturated carbocycles. The molecule has 0 saturated heterocycles. The molecular weight excluding hydrogens is 161 g/mol. The summed E-state index contributed by atoms with van der Waals surface area (Å²) in [5.74, 6) is -1.05. The van der Waals surface area contributed by atoms with Crippen LogP contribution < -0.4 is 0 Å². The lowest BCUT2D eigenvalue weighted by Gasteiger charge is -2.07. The van der Waals surface area contributed by atoms with Crippen molar-refractivity contribution in [3.8, 4) is 5.75 Å². The predicted octanol–water partition coefficient (Wildman–Crippen LogP) is 1.35. The first-order valence-corrected chi connectivity index (χ1v) is 3.47. The summed E-state index contributed by atoms with van der Waals surface area (Å²) in [5, 5.41) is 18.7. The summed E-state index contributed by atoms with van der Waals surface area (Å²) >= 11 is 0. The maximum Gasteiger partial charge on any atom is 0.164 e. The zero-order valence-corrected chi connectivity index (χ0v) is 6.66. The van der Waals surface area contributed by atoms with Crippen LogP contribution >= 0.6 is 0 Å². The van der Waals surface area contributed by atoms with Crippen molar-refractivity contribution in [2.45, 2.75) is 6.54 Å². The molecule has 0 aromatic heterocycles. The van der Waals surface area contributed by atoms with Crippen molar-refractivity contribution >= 4 is 0 Å². The third-order valence-electron chi connectivity index (χ3n) is 1.42. The minimum absolute atomic E-state index is 0.258. The highest BCUT2D eigenvalue weighted by Gasteiger charge is 2.02. The van der Waals surface area contributed by atoms with Crippen molar-refractivity contribution < 1.29 is 14.7 Å². The zero-order valence-electron chi connectivity index (χ0n) is 6.66. The molecule has 3 nitrogen and oxygen atoms in total. The Morgan fingerprint density at radius 2 is 2.17 bits per heavy atom. The molecule has 12 heavy (non-hydrogen) atoms. The van der Waals surface area contributed by atoms with Crippen LogP contribution in [0.4, 0.5) is 4.39 Å². The number of nitrogens with zero attached hydrogens (tertiary/aromatic N) is 1. The predicted molar refractivity (Wildman–Crippen MR) is 41.3 cm³/mol. The standard InChI is InChI=1S/C8H10FNO2/c1-10(12)5-6-2-3-7(9)8(11)4-6/h2-4,11-12H,5H2,1H3. The maximum absolute atomic E-state index is 12.5. The Balaban J connectivity index is 2.82. The Kier molecular flexibility index (Phi) is 2.62. The number of hydrogen-bond donors (Lipinski definition) is 2. The van der Waals surface area contributed by atoms with Gasteiger partial charge in [0.25, 0.3) is 0 Å². The van der Waals surface area contributed by atoms with Gasteiger partial charge in [0.05, 0.1) is 0 Å². The van der Waals surface area contributed by atoms with Crippen LogP contribution in [-0.2, 0) is 6.54 Å². The zero-order chi connectivity index (χ0) is 9.14. The molecule has 1 aromatic rings. The van der Waals surface area contributed by atoms with Gasteiger partial charge in [0, 0.05) is 13.6 Å². The second-order valence-electron chi connectivity index (χ2n) is 2.60. The number of hydroxylamine groups is 2. The molecule has 0 aliphatic heterocycles. The summed E-state index contributed by atoms with van der Waals surface area (Å²) < 4.78 is 12.5. The normalized spacial score (nSPS) is 10.7. The van der Waals surface area contributed by atoms with E-state index in [1.165, 1.54) is 19.2 Å². The van der Waals surface area contributed by atoms with E-state index in [1.807, 2.05) is 0 Å². The molecule has 0 fully saturated rings. The van der Waals surface area contributed by atoms with E-state index in [9.17, 15) is 4.39 Å². The summed E-state index contributed by atoms with van der Waals surface area (Å²) in [6, 6.07) is 3.94. The lowest BCUT2D eigenvalue weighted by atomic mass is 10.2. The van der Waals surface area contributed by atoms with Crippen LogP contribution in [0, 0.1) is 5.82 Å². The highest BCUT2D eigenvalue weighted by molar-refractivity contribution is 5.28. The van der Waals surface area contributed by atoms with Crippen molar-refractivity contribution in [3.63, 3.8) is 0 Å². The molecule has 0 aliphatic rings. The minimum Gasteiger partial charge on any atom is -0.505 e. The lowest BCUT2D eigenvalue weighted by molar-refractivity contribution is -0.0731. The fourth-order valence-electron chi connectivity index (χ4n) is 0.921. The molecule has 0 aliphatic carbocycles. The van der Waals surface area contributed by atoms with Gasteiger partial charge in [0.2, 0.25) is 0 Å². The maximum atomic E-state index is 12.5. The summed E-state index contributed by atoms with van der Waals surface area (Å²) in [6.07, 6.45) is 0.